The van der Waals surface area contributed by atoms with Gasteiger partial charge in [-0.3, -0.25) is 10.1 Å². The lowest BCUT2D eigenvalue weighted by Gasteiger charge is -2.18. The number of carbonyl (C=O) groups excluding carboxylic acids is 2. The monoisotopic (exact) mass is 406 g/mol. The summed E-state index contributed by atoms with van der Waals surface area (Å²) < 4.78 is 43.0. The first-order valence-electron chi connectivity index (χ1n) is 8.51. The summed E-state index contributed by atoms with van der Waals surface area (Å²) in [5.74, 6) is -2.83. The molecule has 3 aromatic rings. The number of alkyl halides is 3. The molecule has 0 bridgehead atoms. The molecule has 0 radical (unpaired) electrons. The van der Waals surface area contributed by atoms with Crippen LogP contribution in [0.4, 0.5) is 13.2 Å². The minimum Gasteiger partial charge on any atom is -0.440 e. The van der Waals surface area contributed by atoms with Crippen molar-refractivity contribution in [1.82, 2.24) is 15.1 Å². The Labute approximate surface area is 163 Å². The molecular weight excluding hydrogens is 389 g/mol. The Balaban J connectivity index is 1.78. The van der Waals surface area contributed by atoms with Crippen molar-refractivity contribution in [2.24, 2.45) is 5.73 Å². The maximum absolute atomic E-state index is 12.4. The molecule has 0 aliphatic carbocycles. The lowest BCUT2D eigenvalue weighted by atomic mass is 10.1. The van der Waals surface area contributed by atoms with Gasteiger partial charge in [0.05, 0.1) is 11.3 Å². The van der Waals surface area contributed by atoms with E-state index in [1.807, 2.05) is 0 Å². The third kappa shape index (κ3) is 4.54. The Bertz CT molecular complexity index is 1050. The van der Waals surface area contributed by atoms with Gasteiger partial charge in [0.2, 0.25) is 0 Å². The van der Waals surface area contributed by atoms with Crippen molar-refractivity contribution >= 4 is 22.8 Å². The fraction of sp³-hybridized carbons (Fsp3) is 0.211. The summed E-state index contributed by atoms with van der Waals surface area (Å²) in [5, 5.41) is 7.65. The van der Waals surface area contributed by atoms with Gasteiger partial charge in [0.1, 0.15) is 5.52 Å². The van der Waals surface area contributed by atoms with Crippen LogP contribution in [0, 0.1) is 0 Å². The highest BCUT2D eigenvalue weighted by molar-refractivity contribution is 6.04. The number of fused-ring (bicyclic) bond motifs is 1. The van der Waals surface area contributed by atoms with E-state index in [1.165, 1.54) is 7.05 Å². The summed E-state index contributed by atoms with van der Waals surface area (Å²) in [5.41, 5.74) is 7.47. The van der Waals surface area contributed by atoms with E-state index in [0.717, 1.165) is 5.39 Å². The van der Waals surface area contributed by atoms with Crippen LogP contribution in [0.1, 0.15) is 15.9 Å². The minimum atomic E-state index is -5.05. The van der Waals surface area contributed by atoms with Crippen molar-refractivity contribution in [3.8, 4) is 5.69 Å². The summed E-state index contributed by atoms with van der Waals surface area (Å²) in [6.45, 7) is 0. The molecule has 0 spiro atoms. The highest BCUT2D eigenvalue weighted by Crippen LogP contribution is 2.21. The quantitative estimate of drug-likeness (QED) is 0.484. The number of esters is 1. The third-order valence-corrected chi connectivity index (χ3v) is 4.23. The number of amides is 1. The first-order valence-corrected chi connectivity index (χ1v) is 8.51. The number of ether oxygens (including phenoxy) is 1. The number of hydrogen-bond donors (Lipinski definition) is 2. The Morgan fingerprint density at radius 1 is 1.21 bits per heavy atom. The van der Waals surface area contributed by atoms with Gasteiger partial charge in [-0.05, 0) is 30.8 Å². The molecule has 1 atom stereocenters. The molecule has 10 heteroatoms. The molecule has 3 rings (SSSR count). The van der Waals surface area contributed by atoms with Gasteiger partial charge in [-0.2, -0.15) is 18.3 Å². The summed E-state index contributed by atoms with van der Waals surface area (Å²) in [6.07, 6.45) is -4.39. The molecule has 1 aromatic heterocycles. The highest BCUT2D eigenvalue weighted by Gasteiger charge is 2.42. The summed E-state index contributed by atoms with van der Waals surface area (Å²) in [4.78, 5) is 22.5. The molecule has 1 unspecified atom stereocenters. The predicted molar refractivity (Wildman–Crippen MR) is 98.3 cm³/mol. The van der Waals surface area contributed by atoms with Crippen LogP contribution in [-0.2, 0) is 16.0 Å². The number of benzene rings is 2. The van der Waals surface area contributed by atoms with Gasteiger partial charge in [-0.15, -0.1) is 0 Å². The number of carbonyl (C=O) groups is 2. The topological polar surface area (TPSA) is 99.2 Å². The smallest absolute Gasteiger partial charge is 0.440 e. The van der Waals surface area contributed by atoms with Gasteiger partial charge < -0.3 is 10.5 Å². The SMILES string of the molecule is CNC(Cc1ccc(-n2cc3cccc(C(N)=O)c3n2)cc1)OC(=O)C(F)(F)F. The lowest BCUT2D eigenvalue weighted by molar-refractivity contribution is -0.206. The van der Waals surface area contributed by atoms with Crippen LogP contribution in [0.15, 0.2) is 48.7 Å². The number of likely N-dealkylation sites (N-methyl/N-ethyl adjacent to an activating group) is 1. The molecule has 152 valence electrons. The van der Waals surface area contributed by atoms with Crippen molar-refractivity contribution in [1.29, 1.82) is 0 Å². The first kappa shape index (κ1) is 20.3. The first-order chi connectivity index (χ1) is 13.7. The molecule has 0 aliphatic rings. The van der Waals surface area contributed by atoms with E-state index in [2.05, 4.69) is 15.2 Å². The van der Waals surface area contributed by atoms with Crippen LogP contribution in [-0.4, -0.2) is 41.1 Å². The number of nitrogens with two attached hydrogens (primary N) is 1. The number of primary amides is 1. The van der Waals surface area contributed by atoms with Gasteiger partial charge in [0, 0.05) is 18.0 Å². The molecule has 0 saturated heterocycles. The zero-order valence-electron chi connectivity index (χ0n) is 15.2. The number of hydrogen-bond acceptors (Lipinski definition) is 5. The van der Waals surface area contributed by atoms with Crippen LogP contribution < -0.4 is 11.1 Å². The molecular formula is C19H17F3N4O3. The predicted octanol–water partition coefficient (Wildman–Crippen LogP) is 2.32. The second-order valence-corrected chi connectivity index (χ2v) is 6.23. The molecule has 0 saturated carbocycles. The summed E-state index contributed by atoms with van der Waals surface area (Å²) in [7, 11) is 1.40. The van der Waals surface area contributed by atoms with E-state index in [-0.39, 0.29) is 6.42 Å². The maximum Gasteiger partial charge on any atom is 0.490 e. The van der Waals surface area contributed by atoms with Crippen LogP contribution in [0.2, 0.25) is 0 Å². The van der Waals surface area contributed by atoms with Crippen LogP contribution >= 0.6 is 0 Å². The zero-order valence-corrected chi connectivity index (χ0v) is 15.2. The molecule has 0 fully saturated rings. The van der Waals surface area contributed by atoms with Crippen molar-refractivity contribution in [2.75, 3.05) is 7.05 Å². The molecule has 0 aliphatic heterocycles. The van der Waals surface area contributed by atoms with Gasteiger partial charge in [0.15, 0.2) is 6.23 Å². The van der Waals surface area contributed by atoms with Crippen LogP contribution in [0.3, 0.4) is 0 Å². The maximum atomic E-state index is 12.4. The molecule has 2 aromatic carbocycles. The fourth-order valence-electron chi connectivity index (χ4n) is 2.77. The second kappa shape index (κ2) is 7.92. The number of rotatable bonds is 6. The number of aromatic nitrogens is 2. The number of nitrogens with zero attached hydrogens (tertiary/aromatic N) is 2. The number of halogens is 3. The summed E-state index contributed by atoms with van der Waals surface area (Å²) in [6, 6.07) is 11.9. The fourth-order valence-corrected chi connectivity index (χ4v) is 2.77. The third-order valence-electron chi connectivity index (χ3n) is 4.23. The standard InChI is InChI=1S/C19H17F3N4O3/c1-24-15(29-18(28)19(20,21)22)9-11-5-7-13(8-6-11)26-10-12-3-2-4-14(17(23)27)16(12)25-26/h2-8,10,15,24H,9H2,1H3,(H2,23,27). The molecule has 1 heterocycles. The Morgan fingerprint density at radius 3 is 2.48 bits per heavy atom. The molecule has 29 heavy (non-hydrogen) atoms. The summed E-state index contributed by atoms with van der Waals surface area (Å²) >= 11 is 0. The second-order valence-electron chi connectivity index (χ2n) is 6.23. The van der Waals surface area contributed by atoms with Crippen molar-refractivity contribution < 1.29 is 27.5 Å². The van der Waals surface area contributed by atoms with Crippen molar-refractivity contribution in [3.63, 3.8) is 0 Å². The Morgan fingerprint density at radius 2 is 1.90 bits per heavy atom. The normalized spacial score (nSPS) is 12.7. The zero-order chi connectivity index (χ0) is 21.2. The van der Waals surface area contributed by atoms with Gasteiger partial charge in [-0.25, -0.2) is 9.48 Å². The van der Waals surface area contributed by atoms with Crippen LogP contribution in [0.5, 0.6) is 0 Å². The minimum absolute atomic E-state index is 0.0471. The largest absolute Gasteiger partial charge is 0.490 e. The Kier molecular flexibility index (Phi) is 5.55. The highest BCUT2D eigenvalue weighted by atomic mass is 19.4. The van der Waals surface area contributed by atoms with E-state index >= 15 is 0 Å². The molecule has 1 amide bonds. The van der Waals surface area contributed by atoms with E-state index in [9.17, 15) is 22.8 Å². The van der Waals surface area contributed by atoms with E-state index < -0.39 is 24.3 Å². The average molecular weight is 406 g/mol. The average Bonchev–Trinajstić information content (AvgIpc) is 3.11. The molecule has 7 nitrogen and oxygen atoms in total. The van der Waals surface area contributed by atoms with Crippen molar-refractivity contribution in [2.45, 2.75) is 18.8 Å². The van der Waals surface area contributed by atoms with Gasteiger partial charge in [0.25, 0.3) is 5.91 Å². The van der Waals surface area contributed by atoms with Crippen LogP contribution in [0.25, 0.3) is 16.6 Å². The van der Waals surface area contributed by atoms with E-state index in [4.69, 9.17) is 5.73 Å². The van der Waals surface area contributed by atoms with E-state index in [1.54, 1.807) is 53.3 Å². The van der Waals surface area contributed by atoms with Gasteiger partial charge >= 0.3 is 12.1 Å². The Hall–Kier alpha value is -3.40. The van der Waals surface area contributed by atoms with Gasteiger partial charge in [-0.1, -0.05) is 24.3 Å². The van der Waals surface area contributed by atoms with Crippen molar-refractivity contribution in [3.05, 3.63) is 59.8 Å². The van der Waals surface area contributed by atoms with E-state index in [0.29, 0.717) is 22.3 Å². The lowest BCUT2D eigenvalue weighted by Crippen LogP contribution is -2.38. The number of nitrogens with one attached hydrogen (secondary N) is 1. The molecule has 3 N–H and O–H groups in total.